The SMILES string of the molecule is CCCCc1c[c-]sc1Br.[Cl-].[Mg+2]. The number of aryl methyl sites for hydroxylation is 1. The van der Waals surface area contributed by atoms with Crippen molar-refractivity contribution < 1.29 is 12.4 Å². The molecule has 0 spiro atoms. The van der Waals surface area contributed by atoms with Gasteiger partial charge >= 0.3 is 23.1 Å². The number of unbranched alkanes of at least 4 members (excludes halogenated alkanes) is 1. The Hall–Kier alpha value is 1.24. The summed E-state index contributed by atoms with van der Waals surface area (Å²) in [6.45, 7) is 2.21. The van der Waals surface area contributed by atoms with E-state index in [1.807, 2.05) is 0 Å². The van der Waals surface area contributed by atoms with Crippen molar-refractivity contribution >= 4 is 50.3 Å². The fourth-order valence-corrected chi connectivity index (χ4v) is 2.00. The molecule has 1 heterocycles. The maximum absolute atomic E-state index is 3.48. The van der Waals surface area contributed by atoms with Crippen LogP contribution in [0.4, 0.5) is 0 Å². The molecule has 0 aliphatic carbocycles. The van der Waals surface area contributed by atoms with Gasteiger partial charge in [0.25, 0.3) is 0 Å². The second kappa shape index (κ2) is 8.82. The van der Waals surface area contributed by atoms with E-state index in [0.29, 0.717) is 0 Å². The zero-order valence-electron chi connectivity index (χ0n) is 7.07. The van der Waals surface area contributed by atoms with Gasteiger partial charge in [-0.25, -0.2) is 0 Å². The zero-order valence-corrected chi connectivity index (χ0v) is 11.6. The van der Waals surface area contributed by atoms with Gasteiger partial charge in [-0.3, -0.25) is 11.3 Å². The molecule has 0 fully saturated rings. The predicted octanol–water partition coefficient (Wildman–Crippen LogP) is 0.277. The Labute approximate surface area is 109 Å². The monoisotopic (exact) mass is 276 g/mol. The molecule has 0 bridgehead atoms. The van der Waals surface area contributed by atoms with Gasteiger partial charge in [0.1, 0.15) is 0 Å². The molecule has 1 aromatic rings. The molecule has 0 radical (unpaired) electrons. The first-order valence-corrected chi connectivity index (χ1v) is 5.09. The van der Waals surface area contributed by atoms with Crippen LogP contribution in [0.15, 0.2) is 9.85 Å². The first-order valence-electron chi connectivity index (χ1n) is 3.49. The molecule has 0 atom stereocenters. The Bertz CT molecular complexity index is 203. The molecule has 0 aromatic carbocycles. The van der Waals surface area contributed by atoms with E-state index < -0.39 is 0 Å². The second-order valence-corrected chi connectivity index (χ2v) is 4.43. The minimum Gasteiger partial charge on any atom is -1.00 e. The summed E-state index contributed by atoms with van der Waals surface area (Å²) >= 11 is 5.13. The maximum atomic E-state index is 3.48. The van der Waals surface area contributed by atoms with E-state index in [2.05, 4.69) is 34.3 Å². The average molecular weight is 278 g/mol. The van der Waals surface area contributed by atoms with Crippen LogP contribution in [0.3, 0.4) is 0 Å². The summed E-state index contributed by atoms with van der Waals surface area (Å²) < 4.78 is 1.25. The van der Waals surface area contributed by atoms with E-state index in [-0.39, 0.29) is 35.5 Å². The van der Waals surface area contributed by atoms with E-state index in [9.17, 15) is 0 Å². The van der Waals surface area contributed by atoms with Gasteiger partial charge in [-0.15, -0.1) is 21.3 Å². The molecule has 1 rings (SSSR count). The largest absolute Gasteiger partial charge is 2.00 e. The molecule has 0 aliphatic rings. The van der Waals surface area contributed by atoms with Crippen LogP contribution < -0.4 is 12.4 Å². The summed E-state index contributed by atoms with van der Waals surface area (Å²) in [5, 5.41) is 3.10. The van der Waals surface area contributed by atoms with Crippen molar-refractivity contribution in [3.63, 3.8) is 0 Å². The molecule has 0 saturated carbocycles. The van der Waals surface area contributed by atoms with Gasteiger partial charge in [0.15, 0.2) is 0 Å². The van der Waals surface area contributed by atoms with Crippen molar-refractivity contribution in [1.29, 1.82) is 0 Å². The summed E-state index contributed by atoms with van der Waals surface area (Å²) in [5.74, 6) is 0. The summed E-state index contributed by atoms with van der Waals surface area (Å²) in [5.41, 5.74) is 1.41. The number of rotatable bonds is 3. The summed E-state index contributed by atoms with van der Waals surface area (Å²) in [7, 11) is 0. The van der Waals surface area contributed by atoms with Crippen LogP contribution in [0.2, 0.25) is 0 Å². The van der Waals surface area contributed by atoms with E-state index in [1.54, 1.807) is 11.3 Å². The molecule has 0 unspecified atom stereocenters. The van der Waals surface area contributed by atoms with Crippen molar-refractivity contribution in [1.82, 2.24) is 0 Å². The third-order valence-corrected chi connectivity index (χ3v) is 3.11. The Kier molecular flexibility index (Phi) is 11.5. The van der Waals surface area contributed by atoms with Crippen molar-refractivity contribution in [2.75, 3.05) is 0 Å². The Balaban J connectivity index is 0. The third-order valence-electron chi connectivity index (χ3n) is 1.43. The van der Waals surface area contributed by atoms with E-state index in [0.717, 1.165) is 0 Å². The third kappa shape index (κ3) is 5.07. The average Bonchev–Trinajstić information content (AvgIpc) is 2.31. The fourth-order valence-electron chi connectivity index (χ4n) is 0.812. The first kappa shape index (κ1) is 15.7. The van der Waals surface area contributed by atoms with Crippen molar-refractivity contribution in [3.8, 4) is 0 Å². The number of hydrogen-bond acceptors (Lipinski definition) is 1. The van der Waals surface area contributed by atoms with Crippen LogP contribution in [0.1, 0.15) is 25.3 Å². The maximum Gasteiger partial charge on any atom is 2.00 e. The van der Waals surface area contributed by atoms with E-state index in [4.69, 9.17) is 0 Å². The number of thiophene rings is 1. The van der Waals surface area contributed by atoms with Crippen LogP contribution in [-0.4, -0.2) is 23.1 Å². The Morgan fingerprint density at radius 1 is 1.58 bits per heavy atom. The molecule has 64 valence electrons. The topological polar surface area (TPSA) is 0 Å². The standard InChI is InChI=1S/C8H10BrS.ClH.Mg/c1-2-3-4-7-5-6-10-8(7)9;;/h5H,2-4H2,1H3;1H;/q-1;;+2/p-1. The smallest absolute Gasteiger partial charge is 1.00 e. The quantitative estimate of drug-likeness (QED) is 0.550. The van der Waals surface area contributed by atoms with Gasteiger partial charge in [0.2, 0.25) is 0 Å². The van der Waals surface area contributed by atoms with Crippen LogP contribution >= 0.6 is 27.3 Å². The molecule has 0 nitrogen and oxygen atoms in total. The Morgan fingerprint density at radius 3 is 2.67 bits per heavy atom. The first-order chi connectivity index (χ1) is 4.84. The van der Waals surface area contributed by atoms with Crippen molar-refractivity contribution in [3.05, 3.63) is 20.8 Å². The molecule has 1 aromatic heterocycles. The number of halogens is 2. The molecule has 0 aliphatic heterocycles. The van der Waals surface area contributed by atoms with Crippen LogP contribution in [0.25, 0.3) is 0 Å². The van der Waals surface area contributed by atoms with Crippen molar-refractivity contribution in [2.45, 2.75) is 26.2 Å². The number of hydrogen-bond donors (Lipinski definition) is 0. The van der Waals surface area contributed by atoms with Gasteiger partial charge in [0, 0.05) is 0 Å². The fraction of sp³-hybridized carbons (Fsp3) is 0.500. The molecular formula is C8H10BrClMgS. The van der Waals surface area contributed by atoms with Crippen LogP contribution in [0, 0.1) is 5.38 Å². The normalized spacial score (nSPS) is 8.50. The molecular weight excluding hydrogens is 268 g/mol. The molecule has 0 N–H and O–H groups in total. The second-order valence-electron chi connectivity index (χ2n) is 2.27. The van der Waals surface area contributed by atoms with Crippen molar-refractivity contribution in [2.24, 2.45) is 0 Å². The Morgan fingerprint density at radius 2 is 2.25 bits per heavy atom. The zero-order chi connectivity index (χ0) is 7.40. The minimum atomic E-state index is 0. The summed E-state index contributed by atoms with van der Waals surface area (Å²) in [6.07, 6.45) is 3.74. The van der Waals surface area contributed by atoms with Gasteiger partial charge < -0.3 is 12.4 Å². The van der Waals surface area contributed by atoms with Gasteiger partial charge in [-0.05, 0) is 0 Å². The summed E-state index contributed by atoms with van der Waals surface area (Å²) in [6, 6.07) is 2.07. The minimum absolute atomic E-state index is 0. The molecule has 0 amide bonds. The predicted molar refractivity (Wildman–Crippen MR) is 55.2 cm³/mol. The van der Waals surface area contributed by atoms with Gasteiger partial charge in [-0.2, -0.15) is 11.6 Å². The molecule has 0 saturated heterocycles. The van der Waals surface area contributed by atoms with Gasteiger partial charge in [-0.1, -0.05) is 30.0 Å². The van der Waals surface area contributed by atoms with E-state index in [1.165, 1.54) is 28.6 Å². The molecule has 4 heteroatoms. The molecule has 12 heavy (non-hydrogen) atoms. The van der Waals surface area contributed by atoms with Crippen LogP contribution in [0.5, 0.6) is 0 Å². The van der Waals surface area contributed by atoms with E-state index >= 15 is 0 Å². The summed E-state index contributed by atoms with van der Waals surface area (Å²) in [4.78, 5) is 0. The van der Waals surface area contributed by atoms with Crippen LogP contribution in [-0.2, 0) is 6.42 Å². The van der Waals surface area contributed by atoms with Gasteiger partial charge in [0.05, 0.1) is 0 Å².